The van der Waals surface area contributed by atoms with Crippen LogP contribution in [0.5, 0.6) is 5.75 Å². The van der Waals surface area contributed by atoms with Gasteiger partial charge in [-0.1, -0.05) is 25.0 Å². The maximum Gasteiger partial charge on any atom is 0.309 e. The number of esters is 1. The van der Waals surface area contributed by atoms with Crippen molar-refractivity contribution in [1.82, 2.24) is 4.98 Å². The molecule has 1 unspecified atom stereocenters. The molecule has 2 fully saturated rings. The standard InChI is InChI=1S/C20H23NO3/c22-19(16-6-3-9-20(16)10-4-11-20)24-14-13-23-18-8-12-21-17-7-2-1-5-15(17)18/h1-2,5,7-8,12,16H,3-4,6,9-11,13-14H2. The van der Waals surface area contributed by atoms with Crippen LogP contribution in [0.1, 0.15) is 38.5 Å². The molecular weight excluding hydrogens is 302 g/mol. The summed E-state index contributed by atoms with van der Waals surface area (Å²) in [5, 5.41) is 0.982. The van der Waals surface area contributed by atoms with Crippen molar-refractivity contribution in [2.75, 3.05) is 13.2 Å². The minimum Gasteiger partial charge on any atom is -0.489 e. The second kappa shape index (κ2) is 6.42. The van der Waals surface area contributed by atoms with Crippen LogP contribution in [0, 0.1) is 11.3 Å². The zero-order valence-corrected chi connectivity index (χ0v) is 13.9. The summed E-state index contributed by atoms with van der Waals surface area (Å²) < 4.78 is 11.3. The Labute approximate surface area is 142 Å². The van der Waals surface area contributed by atoms with Gasteiger partial charge < -0.3 is 9.47 Å². The van der Waals surface area contributed by atoms with Gasteiger partial charge >= 0.3 is 5.97 Å². The third kappa shape index (κ3) is 2.74. The number of rotatable bonds is 5. The second-order valence-corrected chi connectivity index (χ2v) is 7.00. The summed E-state index contributed by atoms with van der Waals surface area (Å²) in [6.07, 6.45) is 8.77. The van der Waals surface area contributed by atoms with Gasteiger partial charge in [0.2, 0.25) is 0 Å². The molecule has 0 N–H and O–H groups in total. The van der Waals surface area contributed by atoms with Crippen LogP contribution < -0.4 is 4.74 Å². The summed E-state index contributed by atoms with van der Waals surface area (Å²) in [6.45, 7) is 0.682. The van der Waals surface area contributed by atoms with Gasteiger partial charge in [-0.25, -0.2) is 0 Å². The minimum absolute atomic E-state index is 0.0182. The average Bonchev–Trinajstić information content (AvgIpc) is 3.04. The highest BCUT2D eigenvalue weighted by molar-refractivity contribution is 5.84. The highest BCUT2D eigenvalue weighted by atomic mass is 16.6. The molecule has 2 aliphatic rings. The Morgan fingerprint density at radius 2 is 1.96 bits per heavy atom. The van der Waals surface area contributed by atoms with Crippen molar-refractivity contribution in [3.63, 3.8) is 0 Å². The van der Waals surface area contributed by atoms with Gasteiger partial charge in [0.15, 0.2) is 0 Å². The number of fused-ring (bicyclic) bond motifs is 1. The van der Waals surface area contributed by atoms with E-state index < -0.39 is 0 Å². The Hall–Kier alpha value is -2.10. The van der Waals surface area contributed by atoms with E-state index >= 15 is 0 Å². The Morgan fingerprint density at radius 3 is 2.79 bits per heavy atom. The van der Waals surface area contributed by atoms with Crippen molar-refractivity contribution in [2.24, 2.45) is 11.3 Å². The Balaban J connectivity index is 1.31. The summed E-state index contributed by atoms with van der Waals surface area (Å²) >= 11 is 0. The monoisotopic (exact) mass is 325 g/mol. The van der Waals surface area contributed by atoms with Crippen molar-refractivity contribution in [2.45, 2.75) is 38.5 Å². The van der Waals surface area contributed by atoms with E-state index in [-0.39, 0.29) is 17.3 Å². The minimum atomic E-state index is -0.0182. The highest BCUT2D eigenvalue weighted by Crippen LogP contribution is 2.57. The summed E-state index contributed by atoms with van der Waals surface area (Å²) in [7, 11) is 0. The lowest BCUT2D eigenvalue weighted by Gasteiger charge is -2.42. The molecule has 2 aromatic rings. The molecular formula is C20H23NO3. The van der Waals surface area contributed by atoms with Crippen molar-refractivity contribution in [3.05, 3.63) is 36.5 Å². The van der Waals surface area contributed by atoms with Gasteiger partial charge in [0.1, 0.15) is 19.0 Å². The Morgan fingerprint density at radius 1 is 1.12 bits per heavy atom. The van der Waals surface area contributed by atoms with Gasteiger partial charge in [-0.3, -0.25) is 9.78 Å². The molecule has 2 saturated carbocycles. The van der Waals surface area contributed by atoms with Crippen molar-refractivity contribution < 1.29 is 14.3 Å². The predicted octanol–water partition coefficient (Wildman–Crippen LogP) is 4.13. The topological polar surface area (TPSA) is 48.4 Å². The average molecular weight is 325 g/mol. The Bertz CT molecular complexity index is 733. The lowest BCUT2D eigenvalue weighted by molar-refractivity contribution is -0.155. The van der Waals surface area contributed by atoms with Crippen LogP contribution in [-0.2, 0) is 9.53 Å². The van der Waals surface area contributed by atoms with Gasteiger partial charge in [0.25, 0.3) is 0 Å². The molecule has 1 heterocycles. The first-order valence-corrected chi connectivity index (χ1v) is 8.92. The molecule has 24 heavy (non-hydrogen) atoms. The number of aromatic nitrogens is 1. The summed E-state index contributed by atoms with van der Waals surface area (Å²) in [4.78, 5) is 16.7. The summed E-state index contributed by atoms with van der Waals surface area (Å²) in [5.41, 5.74) is 1.18. The van der Waals surface area contributed by atoms with Crippen LogP contribution in [0.25, 0.3) is 10.9 Å². The van der Waals surface area contributed by atoms with E-state index in [0.29, 0.717) is 13.2 Å². The first kappa shape index (κ1) is 15.4. The van der Waals surface area contributed by atoms with Crippen LogP contribution in [-0.4, -0.2) is 24.2 Å². The number of benzene rings is 1. The molecule has 126 valence electrons. The largest absolute Gasteiger partial charge is 0.489 e. The fourth-order valence-corrected chi connectivity index (χ4v) is 4.33. The van der Waals surface area contributed by atoms with Crippen LogP contribution >= 0.6 is 0 Å². The summed E-state index contributed by atoms with van der Waals surface area (Å²) in [5.74, 6) is 0.886. The molecule has 0 amide bonds. The lowest BCUT2D eigenvalue weighted by atomic mass is 9.62. The SMILES string of the molecule is O=C(OCCOc1ccnc2ccccc12)C1CCCC12CCC2. The second-order valence-electron chi connectivity index (χ2n) is 7.00. The van der Waals surface area contributed by atoms with Crippen LogP contribution in [0.2, 0.25) is 0 Å². The van der Waals surface area contributed by atoms with Gasteiger partial charge in [0.05, 0.1) is 11.4 Å². The number of ether oxygens (including phenoxy) is 2. The van der Waals surface area contributed by atoms with E-state index in [0.717, 1.165) is 23.1 Å². The van der Waals surface area contributed by atoms with Gasteiger partial charge in [-0.05, 0) is 49.3 Å². The van der Waals surface area contributed by atoms with Gasteiger partial charge in [0, 0.05) is 11.6 Å². The number of carbonyl (C=O) groups excluding carboxylic acids is 1. The number of hydrogen-bond acceptors (Lipinski definition) is 4. The number of carbonyl (C=O) groups is 1. The molecule has 1 aromatic carbocycles. The van der Waals surface area contributed by atoms with E-state index in [2.05, 4.69) is 4.98 Å². The fourth-order valence-electron chi connectivity index (χ4n) is 4.33. The molecule has 4 nitrogen and oxygen atoms in total. The van der Waals surface area contributed by atoms with Gasteiger partial charge in [-0.2, -0.15) is 0 Å². The van der Waals surface area contributed by atoms with E-state index in [1.807, 2.05) is 30.3 Å². The van der Waals surface area contributed by atoms with Gasteiger partial charge in [-0.15, -0.1) is 0 Å². The van der Waals surface area contributed by atoms with Crippen LogP contribution in [0.3, 0.4) is 0 Å². The third-order valence-electron chi connectivity index (χ3n) is 5.73. The van der Waals surface area contributed by atoms with E-state index in [4.69, 9.17) is 9.47 Å². The molecule has 4 heteroatoms. The van der Waals surface area contributed by atoms with Crippen LogP contribution in [0.4, 0.5) is 0 Å². The molecule has 4 rings (SSSR count). The van der Waals surface area contributed by atoms with E-state index in [1.54, 1.807) is 6.20 Å². The first-order valence-electron chi connectivity index (χ1n) is 8.92. The number of pyridine rings is 1. The molecule has 0 radical (unpaired) electrons. The molecule has 1 aromatic heterocycles. The highest BCUT2D eigenvalue weighted by Gasteiger charge is 2.50. The molecule has 1 atom stereocenters. The van der Waals surface area contributed by atoms with Crippen molar-refractivity contribution in [3.8, 4) is 5.75 Å². The van der Waals surface area contributed by atoms with E-state index in [9.17, 15) is 4.79 Å². The normalized spacial score (nSPS) is 21.6. The Kier molecular flexibility index (Phi) is 4.13. The van der Waals surface area contributed by atoms with Crippen molar-refractivity contribution >= 4 is 16.9 Å². The van der Waals surface area contributed by atoms with Crippen molar-refractivity contribution in [1.29, 1.82) is 0 Å². The smallest absolute Gasteiger partial charge is 0.309 e. The zero-order valence-electron chi connectivity index (χ0n) is 13.9. The maximum absolute atomic E-state index is 12.4. The molecule has 0 saturated heterocycles. The lowest BCUT2D eigenvalue weighted by Crippen LogP contribution is -2.38. The molecule has 2 aliphatic carbocycles. The quantitative estimate of drug-likeness (QED) is 0.613. The summed E-state index contributed by atoms with van der Waals surface area (Å²) in [6, 6.07) is 9.72. The zero-order chi connectivity index (χ0) is 16.4. The first-order chi connectivity index (χ1) is 11.8. The molecule has 1 spiro atoms. The third-order valence-corrected chi connectivity index (χ3v) is 5.73. The maximum atomic E-state index is 12.4. The van der Waals surface area contributed by atoms with E-state index in [1.165, 1.54) is 32.1 Å². The number of para-hydroxylation sites is 1. The van der Waals surface area contributed by atoms with Crippen LogP contribution in [0.15, 0.2) is 36.5 Å². The fraction of sp³-hybridized carbons (Fsp3) is 0.500. The number of hydrogen-bond donors (Lipinski definition) is 0. The number of nitrogens with zero attached hydrogens (tertiary/aromatic N) is 1. The molecule has 0 bridgehead atoms. The predicted molar refractivity (Wildman–Crippen MR) is 91.8 cm³/mol. The molecule has 0 aliphatic heterocycles.